The molecule has 0 aromatic carbocycles. The zero-order valence-electron chi connectivity index (χ0n) is 22.3. The van der Waals surface area contributed by atoms with Gasteiger partial charge in [-0.25, -0.2) is 9.59 Å². The first-order valence-corrected chi connectivity index (χ1v) is 11.9. The second-order valence-electron chi connectivity index (χ2n) is 11.2. The van der Waals surface area contributed by atoms with Gasteiger partial charge in [0.2, 0.25) is 5.79 Å². The lowest BCUT2D eigenvalue weighted by atomic mass is 9.83. The number of aryl methyl sites for hydroxylation is 1. The van der Waals surface area contributed by atoms with E-state index in [2.05, 4.69) is 22.1 Å². The average molecular weight is 473 g/mol. The lowest BCUT2D eigenvalue weighted by Crippen LogP contribution is -2.59. The van der Waals surface area contributed by atoms with Crippen LogP contribution in [0.25, 0.3) is 0 Å². The largest absolute Gasteiger partial charge is 0.444 e. The van der Waals surface area contributed by atoms with Gasteiger partial charge in [0.15, 0.2) is 5.60 Å². The normalized spacial score (nSPS) is 20.5. The SMILES string of the molecule is Cc1cnc(C[C@]2([C@H](CC(C)C)NC(=O)OC(C)(C)C)OC(C)(C)OC2=O)cc1C#CC(C)C. The van der Waals surface area contributed by atoms with Crippen LogP contribution in [-0.4, -0.2) is 40.1 Å². The second-order valence-corrected chi connectivity index (χ2v) is 11.2. The molecule has 7 nitrogen and oxygen atoms in total. The van der Waals surface area contributed by atoms with E-state index in [1.54, 1.807) is 40.8 Å². The molecule has 1 saturated heterocycles. The minimum Gasteiger partial charge on any atom is -0.444 e. The van der Waals surface area contributed by atoms with Crippen LogP contribution in [0, 0.1) is 30.6 Å². The van der Waals surface area contributed by atoms with Crippen LogP contribution in [0.3, 0.4) is 0 Å². The highest BCUT2D eigenvalue weighted by atomic mass is 16.8. The number of alkyl carbamates (subject to hydrolysis) is 1. The van der Waals surface area contributed by atoms with Crippen molar-refractivity contribution in [2.45, 2.75) is 105 Å². The number of hydrogen-bond acceptors (Lipinski definition) is 6. The molecule has 2 atom stereocenters. The fourth-order valence-electron chi connectivity index (χ4n) is 3.83. The molecule has 0 aliphatic carbocycles. The van der Waals surface area contributed by atoms with Crippen molar-refractivity contribution in [1.82, 2.24) is 10.3 Å². The number of rotatable bonds is 6. The predicted molar refractivity (Wildman–Crippen MR) is 131 cm³/mol. The molecule has 0 spiro atoms. The van der Waals surface area contributed by atoms with Crippen LogP contribution in [0.15, 0.2) is 12.3 Å². The van der Waals surface area contributed by atoms with E-state index < -0.39 is 35.1 Å². The summed E-state index contributed by atoms with van der Waals surface area (Å²) in [5.74, 6) is 5.09. The van der Waals surface area contributed by atoms with Gasteiger partial charge in [0.25, 0.3) is 0 Å². The third kappa shape index (κ3) is 7.46. The first kappa shape index (κ1) is 27.7. The lowest BCUT2D eigenvalue weighted by Gasteiger charge is -2.36. The Morgan fingerprint density at radius 1 is 1.24 bits per heavy atom. The Kier molecular flexibility index (Phi) is 8.42. The Bertz CT molecular complexity index is 965. The van der Waals surface area contributed by atoms with E-state index in [1.807, 2.05) is 40.7 Å². The highest BCUT2D eigenvalue weighted by molar-refractivity contribution is 5.84. The number of carbonyl (C=O) groups is 2. The molecule has 1 aromatic heterocycles. The summed E-state index contributed by atoms with van der Waals surface area (Å²) in [7, 11) is 0. The van der Waals surface area contributed by atoms with Gasteiger partial charge in [0, 0.05) is 43.6 Å². The zero-order chi connectivity index (χ0) is 25.9. The molecule has 1 aliphatic rings. The number of esters is 1. The van der Waals surface area contributed by atoms with Gasteiger partial charge < -0.3 is 19.5 Å². The Morgan fingerprint density at radius 3 is 2.38 bits per heavy atom. The van der Waals surface area contributed by atoms with Crippen molar-refractivity contribution in [1.29, 1.82) is 0 Å². The molecule has 1 aliphatic heterocycles. The molecule has 34 heavy (non-hydrogen) atoms. The van der Waals surface area contributed by atoms with Gasteiger partial charge in [-0.05, 0) is 51.7 Å². The van der Waals surface area contributed by atoms with Crippen LogP contribution in [0.1, 0.15) is 85.6 Å². The van der Waals surface area contributed by atoms with Crippen LogP contribution in [0.2, 0.25) is 0 Å². The molecular formula is C27H40N2O5. The molecule has 2 rings (SSSR count). The van der Waals surface area contributed by atoms with Crippen LogP contribution >= 0.6 is 0 Å². The van der Waals surface area contributed by atoms with Crippen molar-refractivity contribution < 1.29 is 23.8 Å². The van der Waals surface area contributed by atoms with Gasteiger partial charge >= 0.3 is 12.1 Å². The Labute approximate surface area is 204 Å². The van der Waals surface area contributed by atoms with E-state index >= 15 is 0 Å². The number of nitrogens with zero attached hydrogens (tertiary/aromatic N) is 1. The first-order chi connectivity index (χ1) is 15.5. The van der Waals surface area contributed by atoms with Crippen molar-refractivity contribution in [3.05, 3.63) is 29.1 Å². The smallest absolute Gasteiger partial charge is 0.407 e. The number of ether oxygens (including phenoxy) is 3. The fourth-order valence-corrected chi connectivity index (χ4v) is 3.83. The van der Waals surface area contributed by atoms with Crippen molar-refractivity contribution in [2.24, 2.45) is 11.8 Å². The Balaban J connectivity index is 2.52. The zero-order valence-corrected chi connectivity index (χ0v) is 22.3. The van der Waals surface area contributed by atoms with E-state index in [1.165, 1.54) is 0 Å². The average Bonchev–Trinajstić information content (AvgIpc) is 2.88. The van der Waals surface area contributed by atoms with Crippen molar-refractivity contribution in [3.63, 3.8) is 0 Å². The van der Waals surface area contributed by atoms with Gasteiger partial charge in [-0.2, -0.15) is 0 Å². The van der Waals surface area contributed by atoms with E-state index in [0.717, 1.165) is 11.1 Å². The minimum atomic E-state index is -1.46. The Hall–Kier alpha value is -2.59. The lowest BCUT2D eigenvalue weighted by molar-refractivity contribution is -0.170. The predicted octanol–water partition coefficient (Wildman–Crippen LogP) is 4.93. The standard InChI is InChI=1S/C27H40N2O5/c1-17(2)11-12-20-14-21(28-16-19(20)5)15-27(23(30)32-26(9,10)34-27)22(13-18(3)4)29-24(31)33-25(6,7)8/h14,16-18,22H,13,15H2,1-10H3,(H,29,31)/t22-,27+/m0/s1. The van der Waals surface area contributed by atoms with Gasteiger partial charge in [-0.15, -0.1) is 0 Å². The van der Waals surface area contributed by atoms with E-state index in [9.17, 15) is 9.59 Å². The van der Waals surface area contributed by atoms with Gasteiger partial charge in [-0.1, -0.05) is 39.5 Å². The molecule has 1 amide bonds. The highest BCUT2D eigenvalue weighted by Crippen LogP contribution is 2.39. The summed E-state index contributed by atoms with van der Waals surface area (Å²) >= 11 is 0. The van der Waals surface area contributed by atoms with Crippen molar-refractivity contribution in [2.75, 3.05) is 0 Å². The maximum absolute atomic E-state index is 13.4. The third-order valence-corrected chi connectivity index (χ3v) is 5.17. The van der Waals surface area contributed by atoms with Gasteiger partial charge in [-0.3, -0.25) is 4.98 Å². The second kappa shape index (κ2) is 10.4. The number of hydrogen-bond donors (Lipinski definition) is 1. The summed E-state index contributed by atoms with van der Waals surface area (Å²) in [6.07, 6.45) is 1.74. The number of nitrogens with one attached hydrogen (secondary N) is 1. The molecule has 0 saturated carbocycles. The molecule has 0 radical (unpaired) electrons. The highest BCUT2D eigenvalue weighted by Gasteiger charge is 2.59. The number of pyridine rings is 1. The molecule has 1 aromatic rings. The summed E-state index contributed by atoms with van der Waals surface area (Å²) < 4.78 is 17.4. The third-order valence-electron chi connectivity index (χ3n) is 5.17. The van der Waals surface area contributed by atoms with Crippen LogP contribution in [-0.2, 0) is 25.4 Å². The van der Waals surface area contributed by atoms with E-state index in [4.69, 9.17) is 14.2 Å². The summed E-state index contributed by atoms with van der Waals surface area (Å²) in [4.78, 5) is 30.7. The quantitative estimate of drug-likeness (QED) is 0.467. The van der Waals surface area contributed by atoms with Crippen molar-refractivity contribution in [3.8, 4) is 11.8 Å². The monoisotopic (exact) mass is 472 g/mol. The number of amides is 1. The summed E-state index contributed by atoms with van der Waals surface area (Å²) in [6.45, 7) is 18.8. The van der Waals surface area contributed by atoms with Gasteiger partial charge in [0.1, 0.15) is 5.60 Å². The fraction of sp³-hybridized carbons (Fsp3) is 0.667. The van der Waals surface area contributed by atoms with E-state index in [0.29, 0.717) is 12.1 Å². The number of carbonyl (C=O) groups excluding carboxylic acids is 2. The number of aromatic nitrogens is 1. The molecule has 0 unspecified atom stereocenters. The maximum atomic E-state index is 13.4. The molecule has 0 bridgehead atoms. The summed E-state index contributed by atoms with van der Waals surface area (Å²) in [5.41, 5.74) is 0.286. The van der Waals surface area contributed by atoms with Gasteiger partial charge in [0.05, 0.1) is 6.04 Å². The summed E-state index contributed by atoms with van der Waals surface area (Å²) in [6, 6.07) is 1.19. The topological polar surface area (TPSA) is 86.8 Å². The first-order valence-electron chi connectivity index (χ1n) is 11.9. The maximum Gasteiger partial charge on any atom is 0.407 e. The van der Waals surface area contributed by atoms with Crippen LogP contribution in [0.4, 0.5) is 4.79 Å². The number of cyclic esters (lactones) is 1. The van der Waals surface area contributed by atoms with Crippen molar-refractivity contribution >= 4 is 12.1 Å². The Morgan fingerprint density at radius 2 is 1.88 bits per heavy atom. The van der Waals surface area contributed by atoms with Crippen LogP contribution < -0.4 is 5.32 Å². The molecule has 1 fully saturated rings. The van der Waals surface area contributed by atoms with E-state index in [-0.39, 0.29) is 18.3 Å². The molecule has 2 heterocycles. The summed E-state index contributed by atoms with van der Waals surface area (Å²) in [5, 5.41) is 2.90. The molecule has 188 valence electrons. The molecular weight excluding hydrogens is 432 g/mol. The molecule has 1 N–H and O–H groups in total. The van der Waals surface area contributed by atoms with Crippen LogP contribution in [0.5, 0.6) is 0 Å². The minimum absolute atomic E-state index is 0.124. The molecule has 7 heteroatoms.